The van der Waals surface area contributed by atoms with Crippen LogP contribution in [0.5, 0.6) is 5.75 Å². The lowest BCUT2D eigenvalue weighted by molar-refractivity contribution is -0.121. The molecule has 4 aromatic rings. The highest BCUT2D eigenvalue weighted by molar-refractivity contribution is 6.30. The molecule has 46 heavy (non-hydrogen) atoms. The fourth-order valence-electron chi connectivity index (χ4n) is 5.52. The number of nitrogens with one attached hydrogen (secondary N) is 2. The number of ether oxygens (including phenoxy) is 1. The molecule has 0 spiro atoms. The molecule has 7 nitrogen and oxygen atoms in total. The van der Waals surface area contributed by atoms with E-state index < -0.39 is 5.91 Å². The molecule has 8 heteroatoms. The maximum Gasteiger partial charge on any atom is 0.287 e. The summed E-state index contributed by atoms with van der Waals surface area (Å²) in [5.41, 5.74) is 5.14. The number of hydrogen-bond donors (Lipinski definition) is 2. The van der Waals surface area contributed by atoms with Gasteiger partial charge in [-0.05, 0) is 93.3 Å². The number of allylic oxidation sites excluding steroid dienone is 1. The van der Waals surface area contributed by atoms with Crippen molar-refractivity contribution in [3.05, 3.63) is 122 Å². The lowest BCUT2D eigenvalue weighted by Crippen LogP contribution is -2.25. The van der Waals surface area contributed by atoms with Crippen LogP contribution in [0.2, 0.25) is 5.02 Å². The van der Waals surface area contributed by atoms with Crippen molar-refractivity contribution >= 4 is 34.4 Å². The highest BCUT2D eigenvalue weighted by atomic mass is 35.5. The molecule has 0 bridgehead atoms. The number of amides is 2. The van der Waals surface area contributed by atoms with E-state index in [2.05, 4.69) is 34.9 Å². The van der Waals surface area contributed by atoms with Gasteiger partial charge in [0.2, 0.25) is 5.91 Å². The average Bonchev–Trinajstić information content (AvgIpc) is 3.06. The second-order valence-corrected chi connectivity index (χ2v) is 11.9. The Labute approximate surface area is 276 Å². The fourth-order valence-corrected chi connectivity index (χ4v) is 5.64. The van der Waals surface area contributed by atoms with E-state index in [0.717, 1.165) is 37.1 Å². The summed E-state index contributed by atoms with van der Waals surface area (Å²) in [5, 5.41) is 7.07. The van der Waals surface area contributed by atoms with Crippen LogP contribution in [-0.4, -0.2) is 25.0 Å². The Morgan fingerprint density at radius 3 is 2.41 bits per heavy atom. The van der Waals surface area contributed by atoms with Crippen molar-refractivity contribution in [1.29, 1.82) is 0 Å². The maximum absolute atomic E-state index is 12.6. The van der Waals surface area contributed by atoms with Crippen LogP contribution in [0.3, 0.4) is 0 Å². The summed E-state index contributed by atoms with van der Waals surface area (Å²) in [6.45, 7) is 7.36. The van der Waals surface area contributed by atoms with Gasteiger partial charge in [0.05, 0.1) is 12.0 Å². The minimum atomic E-state index is -0.414. The Kier molecular flexibility index (Phi) is 13.0. The summed E-state index contributed by atoms with van der Waals surface area (Å²) in [5.74, 6) is 0.722. The highest BCUT2D eigenvalue weighted by Crippen LogP contribution is 2.36. The van der Waals surface area contributed by atoms with Gasteiger partial charge in [0.25, 0.3) is 5.91 Å². The van der Waals surface area contributed by atoms with Gasteiger partial charge in [0.1, 0.15) is 11.3 Å². The molecule has 2 amide bonds. The van der Waals surface area contributed by atoms with Gasteiger partial charge < -0.3 is 19.8 Å². The van der Waals surface area contributed by atoms with E-state index in [0.29, 0.717) is 48.8 Å². The molecule has 2 N–H and O–H groups in total. The van der Waals surface area contributed by atoms with Gasteiger partial charge in [0.15, 0.2) is 11.2 Å². The second kappa shape index (κ2) is 17.4. The predicted octanol–water partition coefficient (Wildman–Crippen LogP) is 8.27. The maximum atomic E-state index is 12.6. The van der Waals surface area contributed by atoms with Crippen molar-refractivity contribution in [3.8, 4) is 5.75 Å². The van der Waals surface area contributed by atoms with Gasteiger partial charge >= 0.3 is 0 Å². The summed E-state index contributed by atoms with van der Waals surface area (Å²) < 4.78 is 11.1. The van der Waals surface area contributed by atoms with Crippen LogP contribution in [0.25, 0.3) is 11.0 Å². The number of aryl methyl sites for hydroxylation is 1. The third-order valence-corrected chi connectivity index (χ3v) is 8.23. The van der Waals surface area contributed by atoms with Gasteiger partial charge in [-0.25, -0.2) is 0 Å². The number of halogens is 1. The first-order valence-electron chi connectivity index (χ1n) is 16.0. The van der Waals surface area contributed by atoms with Crippen LogP contribution in [0, 0.1) is 6.92 Å². The van der Waals surface area contributed by atoms with Crippen molar-refractivity contribution < 1.29 is 18.7 Å². The van der Waals surface area contributed by atoms with Gasteiger partial charge in [-0.15, -0.1) is 0 Å². The molecule has 0 radical (unpaired) electrons. The van der Waals surface area contributed by atoms with Gasteiger partial charge in [0, 0.05) is 30.6 Å². The molecule has 1 heterocycles. The third-order valence-electron chi connectivity index (χ3n) is 7.97. The van der Waals surface area contributed by atoms with Gasteiger partial charge in [-0.1, -0.05) is 72.1 Å². The molecular formula is C38H43ClN2O5. The standard InChI is InChI=1S/C31H36N2O5.C7H7Cl/c1-3-7-30(35)33-20-23-8-5-6-9-25(23)22-12-10-21(11-13-22)16-17-32-31(36)29-19-27(34)26-18-24(37-4-2)14-15-28(26)38-29;1-6-2-4-7(8)5-3-6/h5-6,8-9,14-16,18-19,22H,3-4,7,10-13,17,20H2,1-2H3,(H,32,36)(H,33,35);2-5H,1H3. The van der Waals surface area contributed by atoms with Crippen LogP contribution in [-0.2, 0) is 11.3 Å². The van der Waals surface area contributed by atoms with Crippen molar-refractivity contribution in [2.24, 2.45) is 0 Å². The third kappa shape index (κ3) is 10.1. The largest absolute Gasteiger partial charge is 0.494 e. The monoisotopic (exact) mass is 642 g/mol. The summed E-state index contributed by atoms with van der Waals surface area (Å²) >= 11 is 5.61. The van der Waals surface area contributed by atoms with Crippen LogP contribution >= 0.6 is 11.6 Å². The van der Waals surface area contributed by atoms with Crippen LogP contribution < -0.4 is 20.8 Å². The molecule has 5 rings (SSSR count). The Morgan fingerprint density at radius 2 is 1.72 bits per heavy atom. The number of carbonyl (C=O) groups excluding carboxylic acids is 2. The number of benzene rings is 3. The van der Waals surface area contributed by atoms with Crippen molar-refractivity contribution in [2.45, 2.75) is 71.8 Å². The molecule has 1 aliphatic carbocycles. The Balaban J connectivity index is 0.000000523. The number of fused-ring (bicyclic) bond motifs is 1. The first-order valence-corrected chi connectivity index (χ1v) is 16.4. The van der Waals surface area contributed by atoms with E-state index in [1.165, 1.54) is 28.3 Å². The van der Waals surface area contributed by atoms with E-state index in [1.807, 2.05) is 51.1 Å². The lowest BCUT2D eigenvalue weighted by atomic mass is 9.80. The molecule has 1 aliphatic rings. The summed E-state index contributed by atoms with van der Waals surface area (Å²) in [6, 6.07) is 22.4. The smallest absolute Gasteiger partial charge is 0.287 e. The molecule has 1 aromatic heterocycles. The summed E-state index contributed by atoms with van der Waals surface area (Å²) in [6.07, 6.45) is 7.45. The SMILES string of the molecule is CCCC(=O)NCc1ccccc1C1CCC(=CCNC(=O)c2cc(=O)c3cc(OCC)ccc3o2)CC1.Cc1ccc(Cl)cc1. The summed E-state index contributed by atoms with van der Waals surface area (Å²) in [7, 11) is 0. The fraction of sp³-hybridized carbons (Fsp3) is 0.342. The van der Waals surface area contributed by atoms with Gasteiger partial charge in [-0.3, -0.25) is 14.4 Å². The number of hydrogen-bond acceptors (Lipinski definition) is 5. The zero-order valence-corrected chi connectivity index (χ0v) is 27.6. The van der Waals surface area contributed by atoms with E-state index in [9.17, 15) is 14.4 Å². The Morgan fingerprint density at radius 1 is 0.978 bits per heavy atom. The highest BCUT2D eigenvalue weighted by Gasteiger charge is 2.21. The van der Waals surface area contributed by atoms with Gasteiger partial charge in [-0.2, -0.15) is 0 Å². The van der Waals surface area contributed by atoms with Crippen molar-refractivity contribution in [1.82, 2.24) is 10.6 Å². The van der Waals surface area contributed by atoms with Crippen LogP contribution in [0.1, 0.15) is 85.5 Å². The molecule has 0 unspecified atom stereocenters. The first-order chi connectivity index (χ1) is 22.3. The molecule has 0 saturated heterocycles. The molecule has 242 valence electrons. The topological polar surface area (TPSA) is 97.6 Å². The second-order valence-electron chi connectivity index (χ2n) is 11.4. The van der Waals surface area contributed by atoms with Crippen LogP contribution in [0.4, 0.5) is 0 Å². The van der Waals surface area contributed by atoms with E-state index in [4.69, 9.17) is 20.8 Å². The first kappa shape index (κ1) is 34.5. The predicted molar refractivity (Wildman–Crippen MR) is 185 cm³/mol. The van der Waals surface area contributed by atoms with E-state index in [1.54, 1.807) is 18.2 Å². The number of carbonyl (C=O) groups is 2. The normalized spacial score (nSPS) is 14.2. The Bertz CT molecular complexity index is 1680. The summed E-state index contributed by atoms with van der Waals surface area (Å²) in [4.78, 5) is 37.1. The van der Waals surface area contributed by atoms with Crippen molar-refractivity contribution in [3.63, 3.8) is 0 Å². The average molecular weight is 643 g/mol. The lowest BCUT2D eigenvalue weighted by Gasteiger charge is -2.26. The minimum absolute atomic E-state index is 0.00333. The van der Waals surface area contributed by atoms with E-state index in [-0.39, 0.29) is 17.1 Å². The minimum Gasteiger partial charge on any atom is -0.494 e. The molecule has 1 saturated carbocycles. The molecule has 0 aliphatic heterocycles. The molecule has 1 fully saturated rings. The van der Waals surface area contributed by atoms with Crippen molar-refractivity contribution in [2.75, 3.05) is 13.2 Å². The Hall–Kier alpha value is -4.36. The zero-order chi connectivity index (χ0) is 32.9. The quantitative estimate of drug-likeness (QED) is 0.170. The number of rotatable bonds is 10. The molecular weight excluding hydrogens is 600 g/mol. The molecule has 0 atom stereocenters. The molecule has 3 aromatic carbocycles. The van der Waals surface area contributed by atoms with E-state index >= 15 is 0 Å². The zero-order valence-electron chi connectivity index (χ0n) is 26.9. The van der Waals surface area contributed by atoms with Crippen LogP contribution in [0.15, 0.2) is 93.7 Å².